The van der Waals surface area contributed by atoms with E-state index in [9.17, 15) is 33.1 Å². The van der Waals surface area contributed by atoms with Crippen molar-refractivity contribution < 1.29 is 42.5 Å². The molecule has 1 aromatic rings. The van der Waals surface area contributed by atoms with Gasteiger partial charge in [0.2, 0.25) is 17.7 Å². The number of ketones is 2. The first-order chi connectivity index (χ1) is 19.8. The lowest BCUT2D eigenvalue weighted by Crippen LogP contribution is -2.51. The van der Waals surface area contributed by atoms with Crippen LogP contribution in [0, 0.1) is 17.8 Å². The molecule has 4 rings (SSSR count). The Hall–Kier alpha value is -2.92. The summed E-state index contributed by atoms with van der Waals surface area (Å²) in [5, 5.41) is 15.3. The van der Waals surface area contributed by atoms with Crippen LogP contribution in [0.15, 0.2) is 24.3 Å². The average molecular weight is 593 g/mol. The number of carbonyl (C=O) groups excluding carboxylic acids is 4. The monoisotopic (exact) mass is 592 g/mol. The maximum Gasteiger partial charge on any atom is 0.248 e. The van der Waals surface area contributed by atoms with Crippen LogP contribution >= 0.6 is 0 Å². The van der Waals surface area contributed by atoms with Crippen molar-refractivity contribution in [1.82, 2.24) is 10.6 Å². The summed E-state index contributed by atoms with van der Waals surface area (Å²) in [7, 11) is 1.54. The van der Waals surface area contributed by atoms with Gasteiger partial charge in [-0.1, -0.05) is 12.1 Å². The van der Waals surface area contributed by atoms with Crippen LogP contribution in [0.2, 0.25) is 0 Å². The summed E-state index contributed by atoms with van der Waals surface area (Å²) in [5.41, 5.74) is -0.292. The maximum absolute atomic E-state index is 13.7. The van der Waals surface area contributed by atoms with Crippen molar-refractivity contribution in [3.8, 4) is 5.75 Å². The van der Waals surface area contributed by atoms with Crippen LogP contribution in [0.4, 0.5) is 8.78 Å². The molecule has 2 saturated carbocycles. The lowest BCUT2D eigenvalue weighted by atomic mass is 9.76. The van der Waals surface area contributed by atoms with Crippen LogP contribution in [-0.4, -0.2) is 71.9 Å². The molecule has 2 aliphatic carbocycles. The van der Waals surface area contributed by atoms with Crippen LogP contribution in [-0.2, 0) is 30.3 Å². The summed E-state index contributed by atoms with van der Waals surface area (Å²) in [6.07, 6.45) is 1.13. The summed E-state index contributed by atoms with van der Waals surface area (Å²) in [4.78, 5) is 52.9. The zero-order chi connectivity index (χ0) is 30.7. The normalized spacial score (nSPS) is 27.1. The molecule has 0 spiro atoms. The first-order valence-corrected chi connectivity index (χ1v) is 14.8. The summed E-state index contributed by atoms with van der Waals surface area (Å²) in [5.74, 6) is -5.18. The van der Waals surface area contributed by atoms with Gasteiger partial charge in [0.05, 0.1) is 31.9 Å². The van der Waals surface area contributed by atoms with Crippen LogP contribution in [0.3, 0.4) is 0 Å². The SMILES string of the molecule is COc1ccc(C[C@H](CC(=O)[C@@H](C)NC(=O)C2CCC(O)CC2)C(=O)N[C@@H](CC2CC(F)(F)C2)C(=O)[C@@]2(C)CO2)cc1. The van der Waals surface area contributed by atoms with E-state index >= 15 is 0 Å². The Morgan fingerprint density at radius 2 is 1.69 bits per heavy atom. The van der Waals surface area contributed by atoms with Crippen molar-refractivity contribution in [2.75, 3.05) is 13.7 Å². The maximum atomic E-state index is 13.7. The lowest BCUT2D eigenvalue weighted by molar-refractivity contribution is -0.138. The smallest absolute Gasteiger partial charge is 0.248 e. The molecule has 42 heavy (non-hydrogen) atoms. The summed E-state index contributed by atoms with van der Waals surface area (Å²) in [6, 6.07) is 5.19. The molecule has 1 heterocycles. The molecule has 3 fully saturated rings. The highest BCUT2D eigenvalue weighted by molar-refractivity contribution is 5.98. The number of amides is 2. The fourth-order valence-electron chi connectivity index (χ4n) is 5.90. The molecule has 0 bridgehead atoms. The molecule has 3 N–H and O–H groups in total. The van der Waals surface area contributed by atoms with Gasteiger partial charge >= 0.3 is 0 Å². The molecule has 232 valence electrons. The average Bonchev–Trinajstić information content (AvgIpc) is 3.69. The van der Waals surface area contributed by atoms with Crippen molar-refractivity contribution in [2.24, 2.45) is 17.8 Å². The zero-order valence-electron chi connectivity index (χ0n) is 24.5. The second-order valence-corrected chi connectivity index (χ2v) is 12.5. The van der Waals surface area contributed by atoms with E-state index in [4.69, 9.17) is 9.47 Å². The van der Waals surface area contributed by atoms with E-state index in [1.165, 1.54) is 7.11 Å². The Morgan fingerprint density at radius 1 is 1.07 bits per heavy atom. The van der Waals surface area contributed by atoms with Gasteiger partial charge in [-0.2, -0.15) is 0 Å². The fourth-order valence-corrected chi connectivity index (χ4v) is 5.90. The third kappa shape index (κ3) is 8.34. The van der Waals surface area contributed by atoms with Gasteiger partial charge in [0.15, 0.2) is 11.6 Å². The third-order valence-electron chi connectivity index (χ3n) is 8.84. The van der Waals surface area contributed by atoms with Crippen molar-refractivity contribution in [3.05, 3.63) is 29.8 Å². The van der Waals surface area contributed by atoms with Crippen LogP contribution in [0.5, 0.6) is 5.75 Å². The molecule has 1 aliphatic heterocycles. The van der Waals surface area contributed by atoms with Crippen LogP contribution in [0.1, 0.15) is 70.8 Å². The van der Waals surface area contributed by atoms with Gasteiger partial charge in [-0.15, -0.1) is 0 Å². The highest BCUT2D eigenvalue weighted by Gasteiger charge is 2.53. The number of hydrogen-bond acceptors (Lipinski definition) is 7. The fraction of sp³-hybridized carbons (Fsp3) is 0.677. The summed E-state index contributed by atoms with van der Waals surface area (Å²) >= 11 is 0. The number of Topliss-reactive ketones (excluding diaryl/α,β-unsaturated/α-hetero) is 2. The van der Waals surface area contributed by atoms with E-state index in [-0.39, 0.29) is 62.1 Å². The quantitative estimate of drug-likeness (QED) is 0.283. The molecule has 0 radical (unpaired) electrons. The number of hydrogen-bond donors (Lipinski definition) is 3. The number of ether oxygens (including phenoxy) is 2. The van der Waals surface area contributed by atoms with Gasteiger partial charge in [-0.3, -0.25) is 19.2 Å². The molecule has 1 saturated heterocycles. The second-order valence-electron chi connectivity index (χ2n) is 12.5. The Morgan fingerprint density at radius 3 is 2.24 bits per heavy atom. The Labute approximate surface area is 245 Å². The molecule has 9 nitrogen and oxygen atoms in total. The molecule has 11 heteroatoms. The van der Waals surface area contributed by atoms with Crippen LogP contribution in [0.25, 0.3) is 0 Å². The van der Waals surface area contributed by atoms with Gasteiger partial charge in [-0.25, -0.2) is 8.78 Å². The van der Waals surface area contributed by atoms with E-state index in [1.807, 2.05) is 0 Å². The molecule has 4 atom stereocenters. The minimum Gasteiger partial charge on any atom is -0.497 e. The molecule has 0 unspecified atom stereocenters. The molecule has 3 aliphatic rings. The van der Waals surface area contributed by atoms with E-state index in [2.05, 4.69) is 10.6 Å². The zero-order valence-corrected chi connectivity index (χ0v) is 24.5. The van der Waals surface area contributed by atoms with Crippen molar-refractivity contribution in [2.45, 2.75) is 101 Å². The topological polar surface area (TPSA) is 134 Å². The Kier molecular flexibility index (Phi) is 10.0. The van der Waals surface area contributed by atoms with E-state index in [0.717, 1.165) is 5.56 Å². The number of alkyl halides is 2. The van der Waals surface area contributed by atoms with E-state index in [0.29, 0.717) is 31.4 Å². The number of aliphatic hydroxyl groups excluding tert-OH is 1. The minimum absolute atomic E-state index is 0.0743. The highest BCUT2D eigenvalue weighted by atomic mass is 19.3. The summed E-state index contributed by atoms with van der Waals surface area (Å²) < 4.78 is 37.6. The van der Waals surface area contributed by atoms with Gasteiger partial charge in [0.25, 0.3) is 0 Å². The number of methoxy groups -OCH3 is 1. The first-order valence-electron chi connectivity index (χ1n) is 14.8. The predicted octanol–water partition coefficient (Wildman–Crippen LogP) is 3.15. The number of epoxide rings is 1. The molecule has 2 amide bonds. The number of nitrogens with one attached hydrogen (secondary N) is 2. The largest absolute Gasteiger partial charge is 0.497 e. The second kappa shape index (κ2) is 13.2. The van der Waals surface area contributed by atoms with E-state index < -0.39 is 47.5 Å². The van der Waals surface area contributed by atoms with Crippen molar-refractivity contribution in [3.63, 3.8) is 0 Å². The molecule has 0 aromatic heterocycles. The van der Waals surface area contributed by atoms with Gasteiger partial charge < -0.3 is 25.2 Å². The molecule has 1 aromatic carbocycles. The van der Waals surface area contributed by atoms with Gasteiger partial charge in [0.1, 0.15) is 11.4 Å². The lowest BCUT2D eigenvalue weighted by Gasteiger charge is -2.37. The number of halogens is 2. The Bertz CT molecular complexity index is 1140. The summed E-state index contributed by atoms with van der Waals surface area (Å²) in [6.45, 7) is 3.39. The van der Waals surface area contributed by atoms with Crippen molar-refractivity contribution >= 4 is 23.4 Å². The number of rotatable bonds is 14. The minimum atomic E-state index is -2.76. The Balaban J connectivity index is 1.45. The molecular weight excluding hydrogens is 550 g/mol. The van der Waals surface area contributed by atoms with E-state index in [1.54, 1.807) is 38.1 Å². The molecular formula is C31H42F2N2O7. The number of aliphatic hydroxyl groups is 1. The van der Waals surface area contributed by atoms with Gasteiger partial charge in [0, 0.05) is 31.1 Å². The third-order valence-corrected chi connectivity index (χ3v) is 8.84. The van der Waals surface area contributed by atoms with Crippen molar-refractivity contribution in [1.29, 1.82) is 0 Å². The van der Waals surface area contributed by atoms with Gasteiger partial charge in [-0.05, 0) is 76.0 Å². The number of carbonyl (C=O) groups is 4. The number of benzene rings is 1. The standard InChI is InChI=1S/C31H42F2N2O7/c1-18(34-28(39)21-6-8-23(36)9-7-21)26(37)14-22(12-19-4-10-24(41-3)11-5-19)29(40)35-25(27(38)30(2)17-42-30)13-20-15-31(32,33)16-20/h4-5,10-11,18,20-23,25,36H,6-9,12-17H2,1-3H3,(H,34,39)(H,35,40)/t18-,21?,22-,23?,25+,30-/m1/s1. The predicted molar refractivity (Wildman–Crippen MR) is 149 cm³/mol. The van der Waals surface area contributed by atoms with Crippen LogP contribution < -0.4 is 15.4 Å². The highest BCUT2D eigenvalue weighted by Crippen LogP contribution is 2.45. The first kappa shape index (κ1) is 32.0.